The summed E-state index contributed by atoms with van der Waals surface area (Å²) in [5.74, 6) is 2.50. The van der Waals surface area contributed by atoms with Crippen LogP contribution in [0.4, 0.5) is 11.4 Å². The highest BCUT2D eigenvalue weighted by molar-refractivity contribution is 5.86. The molecule has 0 aliphatic carbocycles. The average Bonchev–Trinajstić information content (AvgIpc) is 2.44. The highest BCUT2D eigenvalue weighted by atomic mass is 16.6. The molecule has 20 heavy (non-hydrogen) atoms. The third kappa shape index (κ3) is 2.44. The van der Waals surface area contributed by atoms with Crippen molar-refractivity contribution in [3.8, 4) is 12.3 Å². The van der Waals surface area contributed by atoms with E-state index < -0.39 is 10.5 Å². The topological polar surface area (TPSA) is 101 Å². The molecule has 0 saturated heterocycles. The Labute approximate surface area is 114 Å². The smallest absolute Gasteiger partial charge is 0.293 e. The van der Waals surface area contributed by atoms with E-state index in [9.17, 15) is 14.9 Å². The third-order valence-corrected chi connectivity index (χ3v) is 2.89. The Balaban J connectivity index is 2.64. The SMILES string of the molecule is C#CC(CC)Nc1cc2nc[nH]c(=O)c2cc1[N+](=O)[O-]. The van der Waals surface area contributed by atoms with E-state index in [0.29, 0.717) is 11.9 Å². The largest absolute Gasteiger partial charge is 0.366 e. The highest BCUT2D eigenvalue weighted by Gasteiger charge is 2.18. The second-order valence-corrected chi connectivity index (χ2v) is 4.15. The summed E-state index contributed by atoms with van der Waals surface area (Å²) in [4.78, 5) is 28.6. The molecule has 0 fully saturated rings. The fourth-order valence-electron chi connectivity index (χ4n) is 1.82. The lowest BCUT2D eigenvalue weighted by atomic mass is 10.1. The maximum atomic E-state index is 11.6. The van der Waals surface area contributed by atoms with E-state index in [0.717, 1.165) is 0 Å². The van der Waals surface area contributed by atoms with E-state index >= 15 is 0 Å². The second-order valence-electron chi connectivity index (χ2n) is 4.15. The standard InChI is InChI=1S/C13H12N4O3/c1-3-8(4-2)16-11-6-10-9(5-12(11)17(19)20)13(18)15-7-14-10/h1,5-8,16H,4H2,2H3,(H,14,15,18). The van der Waals surface area contributed by atoms with Gasteiger partial charge in [0.25, 0.3) is 11.2 Å². The van der Waals surface area contributed by atoms with Gasteiger partial charge in [0.1, 0.15) is 5.69 Å². The van der Waals surface area contributed by atoms with Crippen molar-refractivity contribution in [1.82, 2.24) is 9.97 Å². The van der Waals surface area contributed by atoms with Gasteiger partial charge in [0.05, 0.1) is 28.2 Å². The zero-order valence-corrected chi connectivity index (χ0v) is 10.7. The van der Waals surface area contributed by atoms with Crippen molar-refractivity contribution in [1.29, 1.82) is 0 Å². The molecule has 2 rings (SSSR count). The fourth-order valence-corrected chi connectivity index (χ4v) is 1.82. The number of rotatable bonds is 4. The van der Waals surface area contributed by atoms with Crippen molar-refractivity contribution in [2.24, 2.45) is 0 Å². The number of benzene rings is 1. The molecule has 2 aromatic rings. The zero-order valence-electron chi connectivity index (χ0n) is 10.7. The normalized spacial score (nSPS) is 11.8. The minimum atomic E-state index is -0.558. The zero-order chi connectivity index (χ0) is 14.7. The van der Waals surface area contributed by atoms with Crippen LogP contribution in [0.3, 0.4) is 0 Å². The summed E-state index contributed by atoms with van der Waals surface area (Å²) in [6.45, 7) is 1.87. The molecule has 102 valence electrons. The lowest BCUT2D eigenvalue weighted by molar-refractivity contribution is -0.383. The van der Waals surface area contributed by atoms with Crippen molar-refractivity contribution in [3.05, 3.63) is 38.9 Å². The maximum Gasteiger partial charge on any atom is 0.293 e. The van der Waals surface area contributed by atoms with E-state index in [1.54, 1.807) is 0 Å². The van der Waals surface area contributed by atoms with Crippen LogP contribution in [0.1, 0.15) is 13.3 Å². The Morgan fingerprint density at radius 3 is 2.95 bits per heavy atom. The lowest BCUT2D eigenvalue weighted by Crippen LogP contribution is -2.17. The van der Waals surface area contributed by atoms with Gasteiger partial charge in [0, 0.05) is 6.07 Å². The van der Waals surface area contributed by atoms with Crippen LogP contribution in [-0.2, 0) is 0 Å². The summed E-state index contributed by atoms with van der Waals surface area (Å²) in [6, 6.07) is 2.34. The number of aromatic nitrogens is 2. The van der Waals surface area contributed by atoms with Gasteiger partial charge in [-0.05, 0) is 12.5 Å². The van der Waals surface area contributed by atoms with Crippen molar-refractivity contribution in [3.63, 3.8) is 0 Å². The molecule has 1 heterocycles. The molecule has 1 aromatic carbocycles. The minimum absolute atomic E-state index is 0.165. The van der Waals surface area contributed by atoms with Gasteiger partial charge in [-0.15, -0.1) is 6.42 Å². The Morgan fingerprint density at radius 1 is 1.60 bits per heavy atom. The monoisotopic (exact) mass is 272 g/mol. The predicted octanol–water partition coefficient (Wildman–Crippen LogP) is 1.65. The van der Waals surface area contributed by atoms with Gasteiger partial charge in [-0.2, -0.15) is 0 Å². The van der Waals surface area contributed by atoms with Crippen LogP contribution in [0.5, 0.6) is 0 Å². The maximum absolute atomic E-state index is 11.6. The number of aromatic amines is 1. The molecular formula is C13H12N4O3. The van der Waals surface area contributed by atoms with Crippen molar-refractivity contribution in [2.45, 2.75) is 19.4 Å². The number of terminal acetylenes is 1. The summed E-state index contributed by atoms with van der Waals surface area (Å²) < 4.78 is 0. The first-order chi connectivity index (χ1) is 9.56. The molecule has 1 atom stereocenters. The number of fused-ring (bicyclic) bond motifs is 1. The van der Waals surface area contributed by atoms with E-state index in [4.69, 9.17) is 6.42 Å². The number of anilines is 1. The van der Waals surface area contributed by atoms with Crippen LogP contribution in [0.15, 0.2) is 23.3 Å². The van der Waals surface area contributed by atoms with Crippen molar-refractivity contribution >= 4 is 22.3 Å². The summed E-state index contributed by atoms with van der Waals surface area (Å²) in [6.07, 6.45) is 7.21. The Kier molecular flexibility index (Phi) is 3.66. The third-order valence-electron chi connectivity index (χ3n) is 2.89. The highest BCUT2D eigenvalue weighted by Crippen LogP contribution is 2.28. The molecule has 0 saturated carbocycles. The number of nitrogens with one attached hydrogen (secondary N) is 2. The van der Waals surface area contributed by atoms with Crippen LogP contribution in [0, 0.1) is 22.5 Å². The van der Waals surface area contributed by atoms with E-state index in [2.05, 4.69) is 21.2 Å². The molecule has 0 aliphatic heterocycles. The molecule has 0 spiro atoms. The molecule has 7 nitrogen and oxygen atoms in total. The van der Waals surface area contributed by atoms with Gasteiger partial charge in [-0.1, -0.05) is 12.8 Å². The van der Waals surface area contributed by atoms with Gasteiger partial charge in [0.15, 0.2) is 0 Å². The molecule has 0 amide bonds. The first-order valence-corrected chi connectivity index (χ1v) is 5.95. The molecular weight excluding hydrogens is 260 g/mol. The Morgan fingerprint density at radius 2 is 2.35 bits per heavy atom. The van der Waals surface area contributed by atoms with Crippen LogP contribution in [0.2, 0.25) is 0 Å². The number of hydrogen-bond acceptors (Lipinski definition) is 5. The Bertz CT molecular complexity index is 760. The van der Waals surface area contributed by atoms with Crippen molar-refractivity contribution in [2.75, 3.05) is 5.32 Å². The van der Waals surface area contributed by atoms with E-state index in [1.165, 1.54) is 18.5 Å². The van der Waals surface area contributed by atoms with Crippen LogP contribution >= 0.6 is 0 Å². The van der Waals surface area contributed by atoms with Gasteiger partial charge < -0.3 is 10.3 Å². The summed E-state index contributed by atoms with van der Waals surface area (Å²) in [5.41, 5.74) is -0.00235. The second kappa shape index (κ2) is 5.40. The molecule has 0 bridgehead atoms. The first-order valence-electron chi connectivity index (χ1n) is 5.95. The molecule has 0 aliphatic rings. The van der Waals surface area contributed by atoms with E-state index in [1.807, 2.05) is 6.92 Å². The van der Waals surface area contributed by atoms with Gasteiger partial charge in [0.2, 0.25) is 0 Å². The van der Waals surface area contributed by atoms with Crippen molar-refractivity contribution < 1.29 is 4.92 Å². The summed E-state index contributed by atoms with van der Waals surface area (Å²) >= 11 is 0. The van der Waals surface area contributed by atoms with Crippen LogP contribution in [-0.4, -0.2) is 20.9 Å². The predicted molar refractivity (Wildman–Crippen MR) is 75.6 cm³/mol. The van der Waals surface area contributed by atoms with Crippen LogP contribution in [0.25, 0.3) is 10.9 Å². The van der Waals surface area contributed by atoms with Gasteiger partial charge in [-0.3, -0.25) is 14.9 Å². The molecule has 7 heteroatoms. The first kappa shape index (κ1) is 13.5. The number of hydrogen-bond donors (Lipinski definition) is 2. The quantitative estimate of drug-likeness (QED) is 0.500. The molecule has 1 aromatic heterocycles. The number of H-pyrrole nitrogens is 1. The van der Waals surface area contributed by atoms with E-state index in [-0.39, 0.29) is 22.8 Å². The molecule has 1 unspecified atom stereocenters. The van der Waals surface area contributed by atoms with Crippen LogP contribution < -0.4 is 10.9 Å². The fraction of sp³-hybridized carbons (Fsp3) is 0.231. The minimum Gasteiger partial charge on any atom is -0.366 e. The Hall–Kier alpha value is -2.88. The molecule has 0 radical (unpaired) electrons. The lowest BCUT2D eigenvalue weighted by Gasteiger charge is -2.12. The number of nitrogens with zero attached hydrogens (tertiary/aromatic N) is 2. The molecule has 2 N–H and O–H groups in total. The average molecular weight is 272 g/mol. The summed E-state index contributed by atoms with van der Waals surface area (Å²) in [7, 11) is 0. The van der Waals surface area contributed by atoms with Gasteiger partial charge in [-0.25, -0.2) is 4.98 Å². The number of nitro groups is 1. The van der Waals surface area contributed by atoms with Gasteiger partial charge >= 0.3 is 0 Å². The number of nitro benzene ring substituents is 1. The summed E-state index contributed by atoms with van der Waals surface area (Å²) in [5, 5.41) is 14.2.